The maximum atomic E-state index is 11.1. The lowest BCUT2D eigenvalue weighted by Crippen LogP contribution is -2.34. The van der Waals surface area contributed by atoms with Crippen molar-refractivity contribution in [2.24, 2.45) is 0 Å². The molecule has 19 heavy (non-hydrogen) atoms. The zero-order valence-electron chi connectivity index (χ0n) is 11.3. The summed E-state index contributed by atoms with van der Waals surface area (Å²) in [6.45, 7) is 1.81. The van der Waals surface area contributed by atoms with Crippen LogP contribution >= 0.6 is 11.8 Å². The number of rotatable bonds is 4. The van der Waals surface area contributed by atoms with Crippen LogP contribution < -0.4 is 5.32 Å². The van der Waals surface area contributed by atoms with Crippen LogP contribution in [0.3, 0.4) is 0 Å². The number of thioether (sulfide) groups is 1. The fraction of sp³-hybridized carbons (Fsp3) is 0.615. The molecule has 2 rings (SSSR count). The average Bonchev–Trinajstić information content (AvgIpc) is 2.41. The Bertz CT molecular complexity index is 467. The smallest absolute Gasteiger partial charge is 0.311 e. The largest absolute Gasteiger partial charge is 0.360 e. The highest BCUT2D eigenvalue weighted by molar-refractivity contribution is 7.99. The van der Waals surface area contributed by atoms with E-state index >= 15 is 0 Å². The molecule has 0 aromatic carbocycles. The first-order valence-electron chi connectivity index (χ1n) is 6.52. The summed E-state index contributed by atoms with van der Waals surface area (Å²) in [7, 11) is 0. The van der Waals surface area contributed by atoms with E-state index in [-0.39, 0.29) is 16.7 Å². The van der Waals surface area contributed by atoms with E-state index in [0.717, 1.165) is 12.0 Å². The minimum absolute atomic E-state index is 0.0745. The molecule has 1 saturated carbocycles. The van der Waals surface area contributed by atoms with E-state index in [1.54, 1.807) is 12.3 Å². The standard InChI is InChI=1S/C13H19N3O2S/c1-9-7-11(16(17)18)13(14-8-9)15-10-5-3-4-6-12(10)19-2/h7-8,10,12H,3-6H2,1-2H3,(H,14,15). The summed E-state index contributed by atoms with van der Waals surface area (Å²) >= 11 is 1.83. The normalized spacial score (nSPS) is 23.1. The number of pyridine rings is 1. The molecule has 6 heteroatoms. The molecule has 1 fully saturated rings. The molecule has 0 amide bonds. The lowest BCUT2D eigenvalue weighted by molar-refractivity contribution is -0.384. The summed E-state index contributed by atoms with van der Waals surface area (Å²) in [5, 5.41) is 14.9. The molecule has 0 radical (unpaired) electrons. The molecule has 0 aliphatic heterocycles. The van der Waals surface area contributed by atoms with E-state index in [2.05, 4.69) is 16.6 Å². The molecule has 2 unspecified atom stereocenters. The molecule has 1 N–H and O–H groups in total. The zero-order chi connectivity index (χ0) is 13.8. The van der Waals surface area contributed by atoms with Crippen LogP contribution in [0.2, 0.25) is 0 Å². The third kappa shape index (κ3) is 3.37. The summed E-state index contributed by atoms with van der Waals surface area (Å²) in [5.74, 6) is 0.404. The van der Waals surface area contributed by atoms with Gasteiger partial charge in [0.15, 0.2) is 0 Å². The van der Waals surface area contributed by atoms with Crippen molar-refractivity contribution in [1.29, 1.82) is 0 Å². The molecular formula is C13H19N3O2S. The van der Waals surface area contributed by atoms with Crippen molar-refractivity contribution in [3.05, 3.63) is 27.9 Å². The zero-order valence-corrected chi connectivity index (χ0v) is 12.1. The molecule has 2 atom stereocenters. The Labute approximate surface area is 117 Å². The van der Waals surface area contributed by atoms with E-state index < -0.39 is 0 Å². The van der Waals surface area contributed by atoms with E-state index in [1.807, 2.05) is 18.7 Å². The second-order valence-electron chi connectivity index (χ2n) is 4.95. The minimum atomic E-state index is -0.362. The van der Waals surface area contributed by atoms with Gasteiger partial charge in [0.05, 0.1) is 4.92 Å². The van der Waals surface area contributed by atoms with Crippen LogP contribution in [0.1, 0.15) is 31.2 Å². The quantitative estimate of drug-likeness (QED) is 0.677. The van der Waals surface area contributed by atoms with Crippen molar-refractivity contribution in [1.82, 2.24) is 4.98 Å². The Morgan fingerprint density at radius 2 is 2.21 bits per heavy atom. The summed E-state index contributed by atoms with van der Waals surface area (Å²) in [6.07, 6.45) is 8.41. The Hall–Kier alpha value is -1.30. The third-order valence-electron chi connectivity index (χ3n) is 3.53. The average molecular weight is 281 g/mol. The van der Waals surface area contributed by atoms with Gasteiger partial charge in [-0.25, -0.2) is 4.98 Å². The van der Waals surface area contributed by atoms with Crippen molar-refractivity contribution >= 4 is 23.3 Å². The molecule has 1 heterocycles. The number of nitrogens with one attached hydrogen (secondary N) is 1. The molecular weight excluding hydrogens is 262 g/mol. The van der Waals surface area contributed by atoms with Crippen molar-refractivity contribution in [2.75, 3.05) is 11.6 Å². The molecule has 0 saturated heterocycles. The van der Waals surface area contributed by atoms with Crippen LogP contribution in [0.25, 0.3) is 0 Å². The highest BCUT2D eigenvalue weighted by atomic mass is 32.2. The highest BCUT2D eigenvalue weighted by Crippen LogP contribution is 2.31. The summed E-state index contributed by atoms with van der Waals surface area (Å²) in [6, 6.07) is 1.85. The predicted octanol–water partition coefficient (Wildman–Crippen LogP) is 3.38. The minimum Gasteiger partial charge on any atom is -0.360 e. The molecule has 5 nitrogen and oxygen atoms in total. The van der Waals surface area contributed by atoms with Crippen molar-refractivity contribution < 1.29 is 4.92 Å². The number of aromatic nitrogens is 1. The predicted molar refractivity (Wildman–Crippen MR) is 78.8 cm³/mol. The summed E-state index contributed by atoms with van der Waals surface area (Å²) in [4.78, 5) is 14.9. The molecule has 104 valence electrons. The third-order valence-corrected chi connectivity index (χ3v) is 4.70. The Morgan fingerprint density at radius 1 is 1.47 bits per heavy atom. The second-order valence-corrected chi connectivity index (χ2v) is 6.02. The van der Waals surface area contributed by atoms with Crippen LogP contribution in [0.5, 0.6) is 0 Å². The van der Waals surface area contributed by atoms with Crippen molar-refractivity contribution in [3.8, 4) is 0 Å². The summed E-state index contributed by atoms with van der Waals surface area (Å²) in [5.41, 5.74) is 0.882. The maximum absolute atomic E-state index is 11.1. The van der Waals surface area contributed by atoms with Crippen molar-refractivity contribution in [3.63, 3.8) is 0 Å². The van der Waals surface area contributed by atoms with E-state index in [4.69, 9.17) is 0 Å². The number of nitrogens with zero attached hydrogens (tertiary/aromatic N) is 2. The Morgan fingerprint density at radius 3 is 2.89 bits per heavy atom. The van der Waals surface area contributed by atoms with Crippen LogP contribution in [-0.2, 0) is 0 Å². The Kier molecular flexibility index (Phi) is 4.63. The van der Waals surface area contributed by atoms with Gasteiger partial charge in [-0.05, 0) is 31.6 Å². The number of anilines is 1. The van der Waals surface area contributed by atoms with E-state index in [0.29, 0.717) is 11.1 Å². The van der Waals surface area contributed by atoms with Gasteiger partial charge < -0.3 is 5.32 Å². The molecule has 0 spiro atoms. The van der Waals surface area contributed by atoms with Crippen molar-refractivity contribution in [2.45, 2.75) is 43.9 Å². The second kappa shape index (κ2) is 6.23. The van der Waals surface area contributed by atoms with Crippen LogP contribution in [0.15, 0.2) is 12.3 Å². The van der Waals surface area contributed by atoms with Gasteiger partial charge in [0.25, 0.3) is 0 Å². The fourth-order valence-electron chi connectivity index (χ4n) is 2.52. The molecule has 1 aromatic heterocycles. The fourth-order valence-corrected chi connectivity index (χ4v) is 3.46. The number of aryl methyl sites for hydroxylation is 1. The van der Waals surface area contributed by atoms with Gasteiger partial charge in [0.1, 0.15) is 0 Å². The number of hydrogen-bond acceptors (Lipinski definition) is 5. The molecule has 1 aromatic rings. The highest BCUT2D eigenvalue weighted by Gasteiger charge is 2.27. The summed E-state index contributed by atoms with van der Waals surface area (Å²) < 4.78 is 0. The number of hydrogen-bond donors (Lipinski definition) is 1. The Balaban J connectivity index is 2.20. The SMILES string of the molecule is CSC1CCCCC1Nc1ncc(C)cc1[N+](=O)[O-]. The monoisotopic (exact) mass is 281 g/mol. The lowest BCUT2D eigenvalue weighted by atomic mass is 9.95. The van der Waals surface area contributed by atoms with Crippen LogP contribution in [0, 0.1) is 17.0 Å². The van der Waals surface area contributed by atoms with Gasteiger partial charge in [0.2, 0.25) is 5.82 Å². The van der Waals surface area contributed by atoms with Crippen LogP contribution in [0.4, 0.5) is 11.5 Å². The van der Waals surface area contributed by atoms with Gasteiger partial charge in [-0.3, -0.25) is 10.1 Å². The molecule has 0 bridgehead atoms. The topological polar surface area (TPSA) is 68.1 Å². The first-order chi connectivity index (χ1) is 9.11. The lowest BCUT2D eigenvalue weighted by Gasteiger charge is -2.31. The van der Waals surface area contributed by atoms with Gasteiger partial charge in [-0.2, -0.15) is 11.8 Å². The molecule has 1 aliphatic rings. The first-order valence-corrected chi connectivity index (χ1v) is 7.81. The van der Waals surface area contributed by atoms with Gasteiger partial charge >= 0.3 is 5.69 Å². The van der Waals surface area contributed by atoms with Gasteiger partial charge in [-0.1, -0.05) is 12.8 Å². The van der Waals surface area contributed by atoms with E-state index in [9.17, 15) is 10.1 Å². The first kappa shape index (κ1) is 14.1. The number of nitro groups is 1. The van der Waals surface area contributed by atoms with E-state index in [1.165, 1.54) is 19.3 Å². The van der Waals surface area contributed by atoms with Gasteiger partial charge in [0, 0.05) is 23.6 Å². The van der Waals surface area contributed by atoms with Crippen LogP contribution in [-0.4, -0.2) is 27.5 Å². The van der Waals surface area contributed by atoms with Gasteiger partial charge in [-0.15, -0.1) is 0 Å². The maximum Gasteiger partial charge on any atom is 0.311 e. The molecule has 1 aliphatic carbocycles.